The molecule has 0 fully saturated rings. The van der Waals surface area contributed by atoms with E-state index in [1.165, 1.54) is 4.31 Å². The SMILES string of the molecule is CCN(C)S(=O)(=O)CCCCNC(C)C. The van der Waals surface area contributed by atoms with Gasteiger partial charge in [-0.05, 0) is 19.4 Å². The third kappa shape index (κ3) is 6.87. The fourth-order valence-electron chi connectivity index (χ4n) is 1.15. The Hall–Kier alpha value is -0.130. The lowest BCUT2D eigenvalue weighted by Gasteiger charge is -2.14. The van der Waals surface area contributed by atoms with E-state index in [2.05, 4.69) is 19.2 Å². The summed E-state index contributed by atoms with van der Waals surface area (Å²) in [7, 11) is -1.38. The average Bonchev–Trinajstić information content (AvgIpc) is 2.15. The first kappa shape index (κ1) is 14.9. The van der Waals surface area contributed by atoms with E-state index >= 15 is 0 Å². The minimum atomic E-state index is -3.01. The summed E-state index contributed by atoms with van der Waals surface area (Å²) in [5.74, 6) is 0.261. The van der Waals surface area contributed by atoms with Crippen molar-refractivity contribution in [1.82, 2.24) is 9.62 Å². The highest BCUT2D eigenvalue weighted by Gasteiger charge is 2.14. The van der Waals surface area contributed by atoms with Gasteiger partial charge in [-0.2, -0.15) is 0 Å². The van der Waals surface area contributed by atoms with Gasteiger partial charge in [0.05, 0.1) is 5.75 Å². The summed E-state index contributed by atoms with van der Waals surface area (Å²) in [6.07, 6.45) is 1.64. The smallest absolute Gasteiger partial charge is 0.213 e. The Morgan fingerprint density at radius 3 is 2.33 bits per heavy atom. The summed E-state index contributed by atoms with van der Waals surface area (Å²) >= 11 is 0. The predicted octanol–water partition coefficient (Wildman–Crippen LogP) is 1.05. The number of unbranched alkanes of at least 4 members (excludes halogenated alkanes) is 1. The Balaban J connectivity index is 3.67. The number of nitrogens with zero attached hydrogens (tertiary/aromatic N) is 1. The first-order valence-electron chi connectivity index (χ1n) is 5.57. The molecule has 4 nitrogen and oxygen atoms in total. The molecule has 0 aliphatic heterocycles. The van der Waals surface area contributed by atoms with Crippen LogP contribution in [0, 0.1) is 0 Å². The van der Waals surface area contributed by atoms with E-state index in [1.807, 2.05) is 6.92 Å². The van der Waals surface area contributed by atoms with Crippen molar-refractivity contribution < 1.29 is 8.42 Å². The normalized spacial score (nSPS) is 12.7. The van der Waals surface area contributed by atoms with E-state index in [9.17, 15) is 8.42 Å². The monoisotopic (exact) mass is 236 g/mol. The molecule has 1 N–H and O–H groups in total. The third-order valence-electron chi connectivity index (χ3n) is 2.30. The summed E-state index contributed by atoms with van der Waals surface area (Å²) in [4.78, 5) is 0. The molecule has 0 saturated heterocycles. The van der Waals surface area contributed by atoms with Gasteiger partial charge in [-0.15, -0.1) is 0 Å². The lowest BCUT2D eigenvalue weighted by atomic mass is 10.3. The van der Waals surface area contributed by atoms with Crippen LogP contribution in [-0.4, -0.2) is 44.7 Å². The zero-order valence-electron chi connectivity index (χ0n) is 10.3. The molecule has 0 aromatic rings. The van der Waals surface area contributed by atoms with E-state index in [0.29, 0.717) is 12.6 Å². The molecular weight excluding hydrogens is 212 g/mol. The van der Waals surface area contributed by atoms with Gasteiger partial charge in [0.25, 0.3) is 0 Å². The molecule has 0 aromatic heterocycles. The molecule has 5 heteroatoms. The highest BCUT2D eigenvalue weighted by molar-refractivity contribution is 7.89. The van der Waals surface area contributed by atoms with Gasteiger partial charge >= 0.3 is 0 Å². The fourth-order valence-corrected chi connectivity index (χ4v) is 2.43. The van der Waals surface area contributed by atoms with Crippen LogP contribution in [0.5, 0.6) is 0 Å². The number of nitrogens with one attached hydrogen (secondary N) is 1. The van der Waals surface area contributed by atoms with Crippen molar-refractivity contribution in [3.8, 4) is 0 Å². The van der Waals surface area contributed by atoms with Gasteiger partial charge in [0, 0.05) is 19.6 Å². The minimum Gasteiger partial charge on any atom is -0.315 e. The quantitative estimate of drug-likeness (QED) is 0.641. The maximum atomic E-state index is 11.6. The van der Waals surface area contributed by atoms with Crippen molar-refractivity contribution in [1.29, 1.82) is 0 Å². The first-order valence-corrected chi connectivity index (χ1v) is 7.18. The van der Waals surface area contributed by atoms with Crippen molar-refractivity contribution >= 4 is 10.0 Å². The van der Waals surface area contributed by atoms with Gasteiger partial charge in [0.1, 0.15) is 0 Å². The highest BCUT2D eigenvalue weighted by Crippen LogP contribution is 2.01. The number of sulfonamides is 1. The second-order valence-corrected chi connectivity index (χ2v) is 6.24. The predicted molar refractivity (Wildman–Crippen MR) is 64.5 cm³/mol. The molecule has 0 rings (SSSR count). The van der Waals surface area contributed by atoms with Crippen molar-refractivity contribution in [3.63, 3.8) is 0 Å². The number of hydrogen-bond donors (Lipinski definition) is 1. The average molecular weight is 236 g/mol. The topological polar surface area (TPSA) is 49.4 Å². The number of rotatable bonds is 8. The van der Waals surface area contributed by atoms with Crippen LogP contribution >= 0.6 is 0 Å². The van der Waals surface area contributed by atoms with Crippen LogP contribution < -0.4 is 5.32 Å². The van der Waals surface area contributed by atoms with Gasteiger partial charge in [0.15, 0.2) is 0 Å². The summed E-state index contributed by atoms with van der Waals surface area (Å²) in [5.41, 5.74) is 0. The standard InChI is InChI=1S/C10H24N2O2S/c1-5-12(4)15(13,14)9-7-6-8-11-10(2)3/h10-11H,5-9H2,1-4H3. The maximum absolute atomic E-state index is 11.6. The first-order chi connectivity index (χ1) is 6.90. The summed E-state index contributed by atoms with van der Waals surface area (Å²) in [6.45, 7) is 7.46. The zero-order valence-corrected chi connectivity index (χ0v) is 11.1. The Labute approximate surface area is 94.1 Å². The van der Waals surface area contributed by atoms with Crippen LogP contribution in [0.15, 0.2) is 0 Å². The van der Waals surface area contributed by atoms with Gasteiger partial charge in [-0.3, -0.25) is 0 Å². The molecule has 0 aliphatic rings. The summed E-state index contributed by atoms with van der Waals surface area (Å²) in [5, 5.41) is 3.27. The van der Waals surface area contributed by atoms with E-state index in [0.717, 1.165) is 19.4 Å². The molecule has 92 valence electrons. The molecule has 15 heavy (non-hydrogen) atoms. The molecule has 0 unspecified atom stereocenters. The van der Waals surface area contributed by atoms with Gasteiger partial charge in [-0.1, -0.05) is 20.8 Å². The lowest BCUT2D eigenvalue weighted by Crippen LogP contribution is -2.29. The molecule has 0 aliphatic carbocycles. The number of hydrogen-bond acceptors (Lipinski definition) is 3. The Morgan fingerprint density at radius 1 is 1.27 bits per heavy atom. The lowest BCUT2D eigenvalue weighted by molar-refractivity contribution is 0.482. The van der Waals surface area contributed by atoms with E-state index in [4.69, 9.17) is 0 Å². The van der Waals surface area contributed by atoms with Crippen molar-refractivity contribution in [3.05, 3.63) is 0 Å². The molecule has 0 spiro atoms. The summed E-state index contributed by atoms with van der Waals surface area (Å²) in [6, 6.07) is 0.472. The van der Waals surface area contributed by atoms with Crippen molar-refractivity contribution in [2.75, 3.05) is 25.9 Å². The van der Waals surface area contributed by atoms with Crippen LogP contribution in [0.4, 0.5) is 0 Å². The fraction of sp³-hybridized carbons (Fsp3) is 1.00. The van der Waals surface area contributed by atoms with Crippen LogP contribution in [0.1, 0.15) is 33.6 Å². The highest BCUT2D eigenvalue weighted by atomic mass is 32.2. The summed E-state index contributed by atoms with van der Waals surface area (Å²) < 4.78 is 24.5. The van der Waals surface area contributed by atoms with Crippen LogP contribution in [0.25, 0.3) is 0 Å². The molecule has 0 radical (unpaired) electrons. The van der Waals surface area contributed by atoms with E-state index < -0.39 is 10.0 Å². The molecule has 0 heterocycles. The molecule has 0 bridgehead atoms. The molecule has 0 saturated carbocycles. The molecular formula is C10H24N2O2S. The van der Waals surface area contributed by atoms with Gasteiger partial charge < -0.3 is 5.32 Å². The second kappa shape index (κ2) is 7.19. The second-order valence-electron chi connectivity index (χ2n) is 4.05. The van der Waals surface area contributed by atoms with Gasteiger partial charge in [-0.25, -0.2) is 12.7 Å². The van der Waals surface area contributed by atoms with Crippen LogP contribution in [-0.2, 0) is 10.0 Å². The Bertz CT molecular complexity index is 250. The van der Waals surface area contributed by atoms with Crippen LogP contribution in [0.3, 0.4) is 0 Å². The Morgan fingerprint density at radius 2 is 1.87 bits per heavy atom. The largest absolute Gasteiger partial charge is 0.315 e. The van der Waals surface area contributed by atoms with Crippen molar-refractivity contribution in [2.45, 2.75) is 39.7 Å². The third-order valence-corrected chi connectivity index (χ3v) is 4.31. The van der Waals surface area contributed by atoms with Gasteiger partial charge in [0.2, 0.25) is 10.0 Å². The molecule has 0 aromatic carbocycles. The maximum Gasteiger partial charge on any atom is 0.213 e. The molecule has 0 atom stereocenters. The molecule has 0 amide bonds. The van der Waals surface area contributed by atoms with Crippen molar-refractivity contribution in [2.24, 2.45) is 0 Å². The van der Waals surface area contributed by atoms with Crippen LogP contribution in [0.2, 0.25) is 0 Å². The van der Waals surface area contributed by atoms with E-state index in [-0.39, 0.29) is 5.75 Å². The van der Waals surface area contributed by atoms with E-state index in [1.54, 1.807) is 7.05 Å². The zero-order chi connectivity index (χ0) is 11.9. The minimum absolute atomic E-state index is 0.261. The Kier molecular flexibility index (Phi) is 7.13.